The molecule has 0 spiro atoms. The molecule has 2 amide bonds. The van der Waals surface area contributed by atoms with Gasteiger partial charge in [-0.15, -0.1) is 0 Å². The Kier molecular flexibility index (Phi) is 4.00. The van der Waals surface area contributed by atoms with Crippen molar-refractivity contribution >= 4 is 33.7 Å². The molecule has 0 fully saturated rings. The largest absolute Gasteiger partial charge is 0.480 e. The van der Waals surface area contributed by atoms with Crippen molar-refractivity contribution in [2.24, 2.45) is 0 Å². The van der Waals surface area contributed by atoms with Crippen LogP contribution in [0.3, 0.4) is 0 Å². The predicted octanol–water partition coefficient (Wildman–Crippen LogP) is 2.74. The maximum Gasteiger partial charge on any atom is 0.327 e. The average Bonchev–Trinajstić information content (AvgIpc) is 2.77. The monoisotopic (exact) mass is 373 g/mol. The van der Waals surface area contributed by atoms with Crippen LogP contribution in [0, 0.1) is 0 Å². The molecular weight excluding hydrogens is 362 g/mol. The molecule has 1 aliphatic heterocycles. The van der Waals surface area contributed by atoms with E-state index in [-0.39, 0.29) is 17.5 Å². The van der Waals surface area contributed by atoms with Gasteiger partial charge in [-0.3, -0.25) is 14.5 Å². The summed E-state index contributed by atoms with van der Waals surface area (Å²) in [5.41, 5.74) is 1.22. The Morgan fingerprint density at radius 2 is 1.65 bits per heavy atom. The average molecular weight is 374 g/mol. The molecule has 116 valence electrons. The van der Waals surface area contributed by atoms with Gasteiger partial charge in [-0.2, -0.15) is 0 Å². The van der Waals surface area contributed by atoms with Crippen molar-refractivity contribution in [3.05, 3.63) is 69.7 Å². The van der Waals surface area contributed by atoms with E-state index in [2.05, 4.69) is 15.9 Å². The van der Waals surface area contributed by atoms with E-state index in [0.29, 0.717) is 0 Å². The maximum atomic E-state index is 12.4. The van der Waals surface area contributed by atoms with Crippen LogP contribution >= 0.6 is 15.9 Å². The van der Waals surface area contributed by atoms with Gasteiger partial charge < -0.3 is 5.11 Å². The molecule has 1 N–H and O–H groups in total. The molecule has 0 radical (unpaired) electrons. The summed E-state index contributed by atoms with van der Waals surface area (Å²) in [6.45, 7) is 0. The van der Waals surface area contributed by atoms with E-state index in [9.17, 15) is 19.5 Å². The number of amides is 2. The van der Waals surface area contributed by atoms with Crippen LogP contribution in [0.4, 0.5) is 0 Å². The fourth-order valence-electron chi connectivity index (χ4n) is 2.67. The topological polar surface area (TPSA) is 74.7 Å². The van der Waals surface area contributed by atoms with Gasteiger partial charge in [0.25, 0.3) is 11.8 Å². The molecule has 3 rings (SSSR count). The van der Waals surface area contributed by atoms with Crippen LogP contribution in [0.1, 0.15) is 26.3 Å². The zero-order chi connectivity index (χ0) is 16.6. The van der Waals surface area contributed by atoms with Crippen LogP contribution in [0.2, 0.25) is 0 Å². The highest BCUT2D eigenvalue weighted by atomic mass is 79.9. The second kappa shape index (κ2) is 5.96. The number of imide groups is 1. The Morgan fingerprint density at radius 1 is 1.04 bits per heavy atom. The molecule has 0 saturated heterocycles. The molecule has 23 heavy (non-hydrogen) atoms. The second-order valence-corrected chi connectivity index (χ2v) is 6.13. The van der Waals surface area contributed by atoms with Crippen molar-refractivity contribution < 1.29 is 19.5 Å². The first kappa shape index (κ1) is 15.4. The van der Waals surface area contributed by atoms with E-state index in [1.165, 1.54) is 12.1 Å². The van der Waals surface area contributed by atoms with Gasteiger partial charge in [-0.05, 0) is 29.8 Å². The van der Waals surface area contributed by atoms with E-state index in [1.807, 2.05) is 6.07 Å². The van der Waals surface area contributed by atoms with Crippen LogP contribution in [0.25, 0.3) is 0 Å². The fourth-order valence-corrected chi connectivity index (χ4v) is 3.11. The standard InChI is InChI=1S/C17H12BrNO4/c18-11-5-3-4-10(8-11)9-14(17(22)23)19-15(20)12-6-1-2-7-13(12)16(19)21/h1-8,14H,9H2,(H,22,23)/t14-/m0/s1. The minimum absolute atomic E-state index is 0.0558. The zero-order valence-corrected chi connectivity index (χ0v) is 13.5. The Morgan fingerprint density at radius 3 is 2.17 bits per heavy atom. The van der Waals surface area contributed by atoms with Crippen molar-refractivity contribution in [1.82, 2.24) is 4.90 Å². The van der Waals surface area contributed by atoms with E-state index in [4.69, 9.17) is 0 Å². The third-order valence-corrected chi connectivity index (χ3v) is 4.23. The number of carbonyl (C=O) groups excluding carboxylic acids is 2. The number of halogens is 1. The van der Waals surface area contributed by atoms with Crippen molar-refractivity contribution in [3.63, 3.8) is 0 Å². The van der Waals surface area contributed by atoms with Crippen molar-refractivity contribution in [2.45, 2.75) is 12.5 Å². The van der Waals surface area contributed by atoms with Crippen molar-refractivity contribution in [1.29, 1.82) is 0 Å². The molecule has 2 aromatic rings. The molecule has 2 aromatic carbocycles. The summed E-state index contributed by atoms with van der Waals surface area (Å²) in [4.78, 5) is 37.4. The van der Waals surface area contributed by atoms with Gasteiger partial charge in [0.15, 0.2) is 0 Å². The van der Waals surface area contributed by atoms with Crippen LogP contribution in [0.15, 0.2) is 53.0 Å². The summed E-state index contributed by atoms with van der Waals surface area (Å²) in [6.07, 6.45) is 0.0558. The lowest BCUT2D eigenvalue weighted by Gasteiger charge is -2.22. The number of aliphatic carboxylic acids is 1. The van der Waals surface area contributed by atoms with Crippen LogP contribution in [0.5, 0.6) is 0 Å². The highest BCUT2D eigenvalue weighted by Gasteiger charge is 2.42. The molecule has 0 aromatic heterocycles. The summed E-state index contributed by atoms with van der Waals surface area (Å²) >= 11 is 3.32. The van der Waals surface area contributed by atoms with Crippen LogP contribution in [-0.4, -0.2) is 33.8 Å². The predicted molar refractivity (Wildman–Crippen MR) is 86.2 cm³/mol. The first-order valence-corrected chi connectivity index (χ1v) is 7.72. The maximum absolute atomic E-state index is 12.4. The number of rotatable bonds is 4. The first-order valence-electron chi connectivity index (χ1n) is 6.93. The normalized spacial score (nSPS) is 14.7. The summed E-state index contributed by atoms with van der Waals surface area (Å²) in [7, 11) is 0. The van der Waals surface area contributed by atoms with Crippen molar-refractivity contribution in [2.75, 3.05) is 0 Å². The van der Waals surface area contributed by atoms with Gasteiger partial charge in [0.1, 0.15) is 6.04 Å². The summed E-state index contributed by atoms with van der Waals surface area (Å²) in [5, 5.41) is 9.52. The van der Waals surface area contributed by atoms with E-state index in [1.54, 1.807) is 30.3 Å². The van der Waals surface area contributed by atoms with E-state index < -0.39 is 23.8 Å². The Bertz CT molecular complexity index is 783. The number of benzene rings is 2. The number of carboxylic acid groups (broad SMARTS) is 1. The number of hydrogen-bond donors (Lipinski definition) is 1. The molecule has 6 heteroatoms. The molecule has 0 bridgehead atoms. The zero-order valence-electron chi connectivity index (χ0n) is 11.9. The molecule has 5 nitrogen and oxygen atoms in total. The summed E-state index contributed by atoms with van der Waals surface area (Å²) in [5.74, 6) is -2.33. The quantitative estimate of drug-likeness (QED) is 0.836. The molecular formula is C17H12BrNO4. The van der Waals surface area contributed by atoms with Gasteiger partial charge in [-0.1, -0.05) is 40.2 Å². The molecule has 0 saturated carbocycles. The van der Waals surface area contributed by atoms with Gasteiger partial charge in [0, 0.05) is 10.9 Å². The SMILES string of the molecule is O=C(O)[C@H](Cc1cccc(Br)c1)N1C(=O)c2ccccc2C1=O. The smallest absolute Gasteiger partial charge is 0.327 e. The van der Waals surface area contributed by atoms with E-state index >= 15 is 0 Å². The minimum Gasteiger partial charge on any atom is -0.480 e. The van der Waals surface area contributed by atoms with Crippen LogP contribution < -0.4 is 0 Å². The highest BCUT2D eigenvalue weighted by Crippen LogP contribution is 2.26. The number of carbonyl (C=O) groups is 3. The molecule has 1 atom stereocenters. The number of nitrogens with zero attached hydrogens (tertiary/aromatic N) is 1. The van der Waals surface area contributed by atoms with Gasteiger partial charge in [0.2, 0.25) is 0 Å². The van der Waals surface area contributed by atoms with E-state index in [0.717, 1.165) is 14.9 Å². The third-order valence-electron chi connectivity index (χ3n) is 3.74. The lowest BCUT2D eigenvalue weighted by Crippen LogP contribution is -2.46. The molecule has 1 aliphatic rings. The van der Waals surface area contributed by atoms with Gasteiger partial charge in [-0.25, -0.2) is 4.79 Å². The number of hydrogen-bond acceptors (Lipinski definition) is 3. The molecule has 0 aliphatic carbocycles. The van der Waals surface area contributed by atoms with Crippen molar-refractivity contribution in [3.8, 4) is 0 Å². The molecule has 0 unspecified atom stereocenters. The summed E-state index contributed by atoms with van der Waals surface area (Å²) in [6, 6.07) is 12.3. The lowest BCUT2D eigenvalue weighted by molar-refractivity contribution is -0.141. The third kappa shape index (κ3) is 2.77. The Balaban J connectivity index is 1.95. The van der Waals surface area contributed by atoms with Gasteiger partial charge >= 0.3 is 5.97 Å². The summed E-state index contributed by atoms with van der Waals surface area (Å²) < 4.78 is 0.807. The molecule has 1 heterocycles. The second-order valence-electron chi connectivity index (χ2n) is 5.21. The lowest BCUT2D eigenvalue weighted by atomic mass is 10.0. The Labute approximate surface area is 140 Å². The Hall–Kier alpha value is -2.47. The number of carboxylic acids is 1. The van der Waals surface area contributed by atoms with Gasteiger partial charge in [0.05, 0.1) is 11.1 Å². The fraction of sp³-hybridized carbons (Fsp3) is 0.118. The minimum atomic E-state index is -1.24. The number of fused-ring (bicyclic) bond motifs is 1. The van der Waals surface area contributed by atoms with Crippen LogP contribution in [-0.2, 0) is 11.2 Å². The highest BCUT2D eigenvalue weighted by molar-refractivity contribution is 9.10. The first-order chi connectivity index (χ1) is 11.0.